The number of aliphatic hydroxyl groups is 1. The molecule has 2 N–H and O–H groups in total. The molecule has 1 saturated heterocycles. The zero-order chi connectivity index (χ0) is 12.4. The Kier molecular flexibility index (Phi) is 4.01. The second kappa shape index (κ2) is 5.33. The fraction of sp³-hybridized carbons (Fsp3) is 0.917. The van der Waals surface area contributed by atoms with Crippen molar-refractivity contribution in [2.45, 2.75) is 43.9 Å². The number of carboxylic acids is 1. The van der Waals surface area contributed by atoms with Crippen LogP contribution in [-0.2, 0) is 9.53 Å². The molecule has 1 aliphatic heterocycles. The van der Waals surface area contributed by atoms with E-state index in [1.807, 2.05) is 0 Å². The molecule has 98 valence electrons. The number of aliphatic hydroxyl groups excluding tert-OH is 1. The minimum atomic E-state index is -0.667. The predicted octanol–water partition coefficient (Wildman–Crippen LogP) is 0.321. The molecule has 0 bridgehead atoms. The van der Waals surface area contributed by atoms with Crippen molar-refractivity contribution < 1.29 is 19.7 Å². The van der Waals surface area contributed by atoms with E-state index in [1.165, 1.54) is 0 Å². The lowest BCUT2D eigenvalue weighted by atomic mass is 9.85. The van der Waals surface area contributed by atoms with E-state index in [1.54, 1.807) is 7.11 Å². The number of carbonyl (C=O) groups is 1. The molecule has 2 atom stereocenters. The normalized spacial score (nSPS) is 39.4. The van der Waals surface area contributed by atoms with E-state index in [0.29, 0.717) is 12.6 Å². The maximum absolute atomic E-state index is 10.9. The Balaban J connectivity index is 1.84. The molecule has 0 amide bonds. The van der Waals surface area contributed by atoms with E-state index >= 15 is 0 Å². The third-order valence-corrected chi connectivity index (χ3v) is 4.13. The lowest BCUT2D eigenvalue weighted by molar-refractivity contribution is -0.143. The van der Waals surface area contributed by atoms with Gasteiger partial charge in [0.15, 0.2) is 0 Å². The van der Waals surface area contributed by atoms with Gasteiger partial charge in [-0.3, -0.25) is 9.69 Å². The first kappa shape index (κ1) is 12.8. The second-order valence-corrected chi connectivity index (χ2v) is 5.14. The first-order valence-electron chi connectivity index (χ1n) is 6.29. The SMILES string of the molecule is CO[C@@H]1CN(C2CCC(C(=O)O)CC2)C[C@H]1O. The molecule has 1 heterocycles. The van der Waals surface area contributed by atoms with Gasteiger partial charge in [0.25, 0.3) is 0 Å². The minimum Gasteiger partial charge on any atom is -0.481 e. The number of aliphatic carboxylic acids is 1. The van der Waals surface area contributed by atoms with E-state index in [0.717, 1.165) is 32.2 Å². The Morgan fingerprint density at radius 2 is 1.88 bits per heavy atom. The lowest BCUT2D eigenvalue weighted by Crippen LogP contribution is -2.38. The highest BCUT2D eigenvalue weighted by Crippen LogP contribution is 2.30. The molecule has 1 saturated carbocycles. The molecule has 1 aliphatic carbocycles. The number of ether oxygens (including phenoxy) is 1. The fourth-order valence-electron chi connectivity index (χ4n) is 3.00. The summed E-state index contributed by atoms with van der Waals surface area (Å²) in [6.45, 7) is 1.42. The van der Waals surface area contributed by atoms with Crippen molar-refractivity contribution in [3.05, 3.63) is 0 Å². The highest BCUT2D eigenvalue weighted by atomic mass is 16.5. The molecule has 2 rings (SSSR count). The van der Waals surface area contributed by atoms with Gasteiger partial charge in [-0.1, -0.05) is 0 Å². The summed E-state index contributed by atoms with van der Waals surface area (Å²) in [5.74, 6) is -0.836. The smallest absolute Gasteiger partial charge is 0.306 e. The van der Waals surface area contributed by atoms with Gasteiger partial charge in [-0.15, -0.1) is 0 Å². The molecule has 2 aliphatic rings. The van der Waals surface area contributed by atoms with E-state index in [9.17, 15) is 9.90 Å². The fourth-order valence-corrected chi connectivity index (χ4v) is 3.00. The Labute approximate surface area is 101 Å². The van der Waals surface area contributed by atoms with E-state index in [-0.39, 0.29) is 12.0 Å². The van der Waals surface area contributed by atoms with Gasteiger partial charge >= 0.3 is 5.97 Å². The van der Waals surface area contributed by atoms with E-state index in [4.69, 9.17) is 9.84 Å². The number of methoxy groups -OCH3 is 1. The van der Waals surface area contributed by atoms with Gasteiger partial charge in [0.05, 0.1) is 18.1 Å². The van der Waals surface area contributed by atoms with Crippen LogP contribution in [0.4, 0.5) is 0 Å². The summed E-state index contributed by atoms with van der Waals surface area (Å²) in [5, 5.41) is 18.7. The van der Waals surface area contributed by atoms with Crippen molar-refractivity contribution >= 4 is 5.97 Å². The van der Waals surface area contributed by atoms with Crippen LogP contribution in [0.3, 0.4) is 0 Å². The Bertz CT molecular complexity index is 276. The van der Waals surface area contributed by atoms with E-state index < -0.39 is 12.1 Å². The Hall–Kier alpha value is -0.650. The molecule has 5 nitrogen and oxygen atoms in total. The number of likely N-dealkylation sites (tertiary alicyclic amines) is 1. The average Bonchev–Trinajstić information content (AvgIpc) is 2.70. The molecular weight excluding hydrogens is 222 g/mol. The highest BCUT2D eigenvalue weighted by Gasteiger charge is 2.37. The van der Waals surface area contributed by atoms with Gasteiger partial charge in [0, 0.05) is 26.2 Å². The van der Waals surface area contributed by atoms with Crippen LogP contribution in [0.1, 0.15) is 25.7 Å². The number of nitrogens with zero attached hydrogens (tertiary/aromatic N) is 1. The first-order chi connectivity index (χ1) is 8.11. The summed E-state index contributed by atoms with van der Waals surface area (Å²) in [4.78, 5) is 13.1. The van der Waals surface area contributed by atoms with Crippen LogP contribution in [0, 0.1) is 5.92 Å². The van der Waals surface area contributed by atoms with Crippen molar-refractivity contribution in [2.75, 3.05) is 20.2 Å². The molecule has 0 aromatic carbocycles. The highest BCUT2D eigenvalue weighted by molar-refractivity contribution is 5.70. The van der Waals surface area contributed by atoms with Gasteiger partial charge < -0.3 is 14.9 Å². The van der Waals surface area contributed by atoms with Gasteiger partial charge in [0.1, 0.15) is 0 Å². The summed E-state index contributed by atoms with van der Waals surface area (Å²) in [6.07, 6.45) is 2.85. The van der Waals surface area contributed by atoms with Gasteiger partial charge in [-0.25, -0.2) is 0 Å². The summed E-state index contributed by atoms with van der Waals surface area (Å²) < 4.78 is 5.22. The van der Waals surface area contributed by atoms with Crippen molar-refractivity contribution in [1.29, 1.82) is 0 Å². The van der Waals surface area contributed by atoms with Crippen LogP contribution < -0.4 is 0 Å². The van der Waals surface area contributed by atoms with E-state index in [2.05, 4.69) is 4.90 Å². The lowest BCUT2D eigenvalue weighted by Gasteiger charge is -2.33. The largest absolute Gasteiger partial charge is 0.481 e. The standard InChI is InChI=1S/C12H21NO4/c1-17-11-7-13(6-10(11)14)9-4-2-8(3-5-9)12(15)16/h8-11,14H,2-7H2,1H3,(H,15,16)/t8?,9?,10-,11-/m1/s1. The maximum Gasteiger partial charge on any atom is 0.306 e. The zero-order valence-electron chi connectivity index (χ0n) is 10.2. The molecule has 5 heteroatoms. The van der Waals surface area contributed by atoms with Crippen LogP contribution >= 0.6 is 0 Å². The van der Waals surface area contributed by atoms with Crippen molar-refractivity contribution in [3.63, 3.8) is 0 Å². The monoisotopic (exact) mass is 243 g/mol. The summed E-state index contributed by atoms with van der Waals surface area (Å²) >= 11 is 0. The maximum atomic E-state index is 10.9. The van der Waals surface area contributed by atoms with Crippen LogP contribution in [0.5, 0.6) is 0 Å². The molecular formula is C12H21NO4. The molecule has 0 aromatic rings. The first-order valence-corrected chi connectivity index (χ1v) is 6.29. The Morgan fingerprint density at radius 3 is 2.35 bits per heavy atom. The molecule has 2 fully saturated rings. The number of hydrogen-bond acceptors (Lipinski definition) is 4. The topological polar surface area (TPSA) is 70.0 Å². The third kappa shape index (κ3) is 2.78. The molecule has 0 aromatic heterocycles. The van der Waals surface area contributed by atoms with Gasteiger partial charge in [-0.05, 0) is 25.7 Å². The van der Waals surface area contributed by atoms with Crippen molar-refractivity contribution in [2.24, 2.45) is 5.92 Å². The van der Waals surface area contributed by atoms with Gasteiger partial charge in [0.2, 0.25) is 0 Å². The third-order valence-electron chi connectivity index (χ3n) is 4.13. The van der Waals surface area contributed by atoms with Crippen LogP contribution in [0.25, 0.3) is 0 Å². The van der Waals surface area contributed by atoms with Crippen LogP contribution in [0.2, 0.25) is 0 Å². The molecule has 0 radical (unpaired) electrons. The number of carboxylic acid groups (broad SMARTS) is 1. The summed E-state index contributed by atoms with van der Waals surface area (Å²) in [5.41, 5.74) is 0. The molecule has 0 unspecified atom stereocenters. The Morgan fingerprint density at radius 1 is 1.24 bits per heavy atom. The summed E-state index contributed by atoms with van der Waals surface area (Å²) in [7, 11) is 1.62. The van der Waals surface area contributed by atoms with Crippen molar-refractivity contribution in [3.8, 4) is 0 Å². The predicted molar refractivity (Wildman–Crippen MR) is 61.8 cm³/mol. The van der Waals surface area contributed by atoms with Gasteiger partial charge in [-0.2, -0.15) is 0 Å². The molecule has 0 spiro atoms. The van der Waals surface area contributed by atoms with Crippen LogP contribution in [0.15, 0.2) is 0 Å². The average molecular weight is 243 g/mol. The second-order valence-electron chi connectivity index (χ2n) is 5.14. The zero-order valence-corrected chi connectivity index (χ0v) is 10.2. The molecule has 17 heavy (non-hydrogen) atoms. The number of β-amino-alcohol motifs (C(OH)–C–C–N with tert-alkyl or cyclic N) is 1. The van der Waals surface area contributed by atoms with Crippen molar-refractivity contribution in [1.82, 2.24) is 4.90 Å². The van der Waals surface area contributed by atoms with Crippen LogP contribution in [-0.4, -0.2) is 59.5 Å². The minimum absolute atomic E-state index is 0.0906. The summed E-state index contributed by atoms with van der Waals surface area (Å²) in [6, 6.07) is 0.417. The number of hydrogen-bond donors (Lipinski definition) is 2. The quantitative estimate of drug-likeness (QED) is 0.747. The number of rotatable bonds is 3.